The maximum absolute atomic E-state index is 5.40. The molecule has 0 saturated carbocycles. The van der Waals surface area contributed by atoms with Crippen LogP contribution in [0.25, 0.3) is 0 Å². The van der Waals surface area contributed by atoms with E-state index in [1.165, 1.54) is 5.69 Å². The highest BCUT2D eigenvalue weighted by atomic mass is 16.5. The fourth-order valence-electron chi connectivity index (χ4n) is 1.37. The first-order chi connectivity index (χ1) is 7.09. The van der Waals surface area contributed by atoms with Crippen LogP contribution in [0.5, 0.6) is 0 Å². The molecule has 0 amide bonds. The Kier molecular flexibility index (Phi) is 4.29. The van der Waals surface area contributed by atoms with E-state index in [1.54, 1.807) is 7.11 Å². The van der Waals surface area contributed by atoms with Crippen LogP contribution in [-0.2, 0) is 17.8 Å². The molecule has 1 heterocycles. The van der Waals surface area contributed by atoms with Gasteiger partial charge in [0.25, 0.3) is 0 Å². The fraction of sp³-hybridized carbons (Fsp3) is 0.727. The summed E-state index contributed by atoms with van der Waals surface area (Å²) in [5, 5.41) is 3.29. The Bertz CT molecular complexity index is 294. The van der Waals surface area contributed by atoms with Crippen molar-refractivity contribution in [3.05, 3.63) is 18.2 Å². The lowest BCUT2D eigenvalue weighted by atomic mass is 10.1. The zero-order valence-corrected chi connectivity index (χ0v) is 10.1. The summed E-state index contributed by atoms with van der Waals surface area (Å²) < 4.78 is 7.53. The van der Waals surface area contributed by atoms with Crippen molar-refractivity contribution in [3.8, 4) is 0 Å². The molecule has 1 N–H and O–H groups in total. The van der Waals surface area contributed by atoms with Gasteiger partial charge in [0.2, 0.25) is 0 Å². The Labute approximate surface area is 91.7 Å². The second-order valence-corrected chi connectivity index (χ2v) is 4.26. The normalized spacial score (nSPS) is 12.0. The van der Waals surface area contributed by atoms with Gasteiger partial charge in [-0.3, -0.25) is 0 Å². The zero-order valence-electron chi connectivity index (χ0n) is 10.1. The average molecular weight is 211 g/mol. The monoisotopic (exact) mass is 211 g/mol. The van der Waals surface area contributed by atoms with Crippen molar-refractivity contribution < 1.29 is 4.74 Å². The Hall–Kier alpha value is -0.870. The molecule has 1 rings (SSSR count). The molecule has 0 bridgehead atoms. The highest BCUT2D eigenvalue weighted by molar-refractivity contribution is 4.99. The van der Waals surface area contributed by atoms with Gasteiger partial charge in [-0.05, 0) is 20.4 Å². The number of methoxy groups -OCH3 is 1. The summed E-state index contributed by atoms with van der Waals surface area (Å²) in [6.07, 6.45) is 3.75. The predicted molar refractivity (Wildman–Crippen MR) is 60.7 cm³/mol. The molecule has 0 saturated heterocycles. The molecule has 0 aliphatic rings. The summed E-state index contributed by atoms with van der Waals surface area (Å²) in [6.45, 7) is 8.90. The van der Waals surface area contributed by atoms with Crippen LogP contribution in [0.15, 0.2) is 12.5 Å². The van der Waals surface area contributed by atoms with Gasteiger partial charge in [-0.15, -0.1) is 0 Å². The van der Waals surface area contributed by atoms with Crippen LogP contribution in [0, 0.1) is 0 Å². The van der Waals surface area contributed by atoms with E-state index in [1.807, 2.05) is 12.5 Å². The number of ether oxygens (including phenoxy) is 1. The summed E-state index contributed by atoms with van der Waals surface area (Å²) in [5.41, 5.74) is 1.05. The van der Waals surface area contributed by atoms with Crippen LogP contribution in [0.4, 0.5) is 0 Å². The van der Waals surface area contributed by atoms with Crippen LogP contribution in [0.1, 0.15) is 26.5 Å². The number of aromatic nitrogens is 2. The first-order valence-electron chi connectivity index (χ1n) is 5.34. The van der Waals surface area contributed by atoms with Crippen LogP contribution in [-0.4, -0.2) is 28.8 Å². The largest absolute Gasteiger partial charge is 0.377 e. The Balaban J connectivity index is 2.64. The first kappa shape index (κ1) is 12.2. The average Bonchev–Trinajstić information content (AvgIpc) is 2.62. The molecule has 4 heteroatoms. The second-order valence-electron chi connectivity index (χ2n) is 4.26. The van der Waals surface area contributed by atoms with Gasteiger partial charge in [-0.2, -0.15) is 0 Å². The minimum Gasteiger partial charge on any atom is -0.377 e. The second kappa shape index (κ2) is 5.28. The molecule has 1 aromatic rings. The lowest BCUT2D eigenvalue weighted by Gasteiger charge is -2.24. The maximum atomic E-state index is 5.40. The summed E-state index contributed by atoms with van der Waals surface area (Å²) in [7, 11) is 1.74. The highest BCUT2D eigenvalue weighted by Gasteiger charge is 2.18. The van der Waals surface area contributed by atoms with Gasteiger partial charge in [0.1, 0.15) is 0 Å². The van der Waals surface area contributed by atoms with E-state index in [-0.39, 0.29) is 5.60 Å². The Morgan fingerprint density at radius 2 is 2.27 bits per heavy atom. The van der Waals surface area contributed by atoms with E-state index in [0.29, 0.717) is 0 Å². The van der Waals surface area contributed by atoms with Crippen LogP contribution < -0.4 is 5.32 Å². The van der Waals surface area contributed by atoms with Gasteiger partial charge in [0.15, 0.2) is 0 Å². The molecular formula is C11H21N3O. The van der Waals surface area contributed by atoms with E-state index in [4.69, 9.17) is 4.74 Å². The number of hydrogen-bond acceptors (Lipinski definition) is 3. The molecule has 0 spiro atoms. The summed E-state index contributed by atoms with van der Waals surface area (Å²) in [6, 6.07) is 0. The smallest absolute Gasteiger partial charge is 0.0949 e. The topological polar surface area (TPSA) is 39.1 Å². The van der Waals surface area contributed by atoms with E-state index in [2.05, 4.69) is 35.6 Å². The molecular weight excluding hydrogens is 190 g/mol. The molecule has 0 aliphatic carbocycles. The van der Waals surface area contributed by atoms with E-state index >= 15 is 0 Å². The van der Waals surface area contributed by atoms with Crippen molar-refractivity contribution in [1.29, 1.82) is 0 Å². The van der Waals surface area contributed by atoms with Gasteiger partial charge in [0.05, 0.1) is 24.2 Å². The zero-order chi connectivity index (χ0) is 11.3. The predicted octanol–water partition coefficient (Wildman–Crippen LogP) is 1.42. The Morgan fingerprint density at radius 1 is 1.53 bits per heavy atom. The number of imidazole rings is 1. The lowest BCUT2D eigenvalue weighted by Crippen LogP contribution is -2.30. The standard InChI is InChI=1S/C11H21N3O/c1-5-12-6-10-7-13-9-14(10)8-11(2,3)15-4/h7,9,12H,5-6,8H2,1-4H3. The molecule has 0 atom stereocenters. The van der Waals surface area contributed by atoms with Gasteiger partial charge in [-0.1, -0.05) is 6.92 Å². The van der Waals surface area contributed by atoms with Gasteiger partial charge >= 0.3 is 0 Å². The molecule has 0 unspecified atom stereocenters. The minimum absolute atomic E-state index is 0.151. The van der Waals surface area contributed by atoms with Crippen molar-refractivity contribution in [2.75, 3.05) is 13.7 Å². The quantitative estimate of drug-likeness (QED) is 0.773. The van der Waals surface area contributed by atoms with E-state index in [9.17, 15) is 0 Å². The number of hydrogen-bond donors (Lipinski definition) is 1. The minimum atomic E-state index is -0.151. The molecule has 15 heavy (non-hydrogen) atoms. The first-order valence-corrected chi connectivity index (χ1v) is 5.34. The third-order valence-corrected chi connectivity index (χ3v) is 2.46. The van der Waals surface area contributed by atoms with Crippen molar-refractivity contribution in [1.82, 2.24) is 14.9 Å². The van der Waals surface area contributed by atoms with Crippen molar-refractivity contribution >= 4 is 0 Å². The third-order valence-electron chi connectivity index (χ3n) is 2.46. The van der Waals surface area contributed by atoms with Crippen LogP contribution in [0.2, 0.25) is 0 Å². The SMILES string of the molecule is CCNCc1cncn1CC(C)(C)OC. The number of nitrogens with one attached hydrogen (secondary N) is 1. The lowest BCUT2D eigenvalue weighted by molar-refractivity contribution is 0.00753. The molecule has 0 radical (unpaired) electrons. The summed E-state index contributed by atoms with van der Waals surface area (Å²) in [5.74, 6) is 0. The molecule has 4 nitrogen and oxygen atoms in total. The molecule has 0 aliphatic heterocycles. The maximum Gasteiger partial charge on any atom is 0.0949 e. The van der Waals surface area contributed by atoms with Crippen LogP contribution in [0.3, 0.4) is 0 Å². The highest BCUT2D eigenvalue weighted by Crippen LogP contribution is 2.12. The van der Waals surface area contributed by atoms with E-state index in [0.717, 1.165) is 19.6 Å². The van der Waals surface area contributed by atoms with Gasteiger partial charge in [-0.25, -0.2) is 4.98 Å². The molecule has 86 valence electrons. The van der Waals surface area contributed by atoms with Gasteiger partial charge < -0.3 is 14.6 Å². The van der Waals surface area contributed by atoms with Crippen molar-refractivity contribution in [3.63, 3.8) is 0 Å². The van der Waals surface area contributed by atoms with Crippen molar-refractivity contribution in [2.24, 2.45) is 0 Å². The molecule has 1 aromatic heterocycles. The molecule has 0 fully saturated rings. The molecule has 0 aromatic carbocycles. The summed E-state index contributed by atoms with van der Waals surface area (Å²) >= 11 is 0. The van der Waals surface area contributed by atoms with Crippen molar-refractivity contribution in [2.45, 2.75) is 39.5 Å². The number of nitrogens with zero attached hydrogens (tertiary/aromatic N) is 2. The van der Waals surface area contributed by atoms with Gasteiger partial charge in [0, 0.05) is 19.9 Å². The third kappa shape index (κ3) is 3.64. The summed E-state index contributed by atoms with van der Waals surface area (Å²) in [4.78, 5) is 4.16. The van der Waals surface area contributed by atoms with Crippen LogP contribution >= 0.6 is 0 Å². The fourth-order valence-corrected chi connectivity index (χ4v) is 1.37. The Morgan fingerprint density at radius 3 is 2.87 bits per heavy atom. The number of rotatable bonds is 6. The van der Waals surface area contributed by atoms with E-state index < -0.39 is 0 Å².